The first-order chi connectivity index (χ1) is 26.0. The predicted octanol–water partition coefficient (Wildman–Crippen LogP) is 2.58. The standard InChI is InChI=1S/C39H58ClN7O8/c1-7-11-27(31(48)35(51)43-25-15-16-25)44-33(49)28-18-26(55-29-17-14-24(40)20-41-29)21-47(28)38(54)32(39(4,5)6)46-34(50)30(23-12-9-8-10-13-23)45-37(53)36(52)42-19-22(2)3/h14,17,20,22-23,25-28,30,32H,7-13,15-16,18-19,21H2,1-6H3,(H,42,52)(H,43,51)(H,44,49)(H,45,53)(H,46,50)/t26-,27+,28+,30+,32-/m1/s1. The Morgan fingerprint density at radius 2 is 1.62 bits per heavy atom. The molecular formula is C39H58ClN7O8. The second-order valence-corrected chi connectivity index (χ2v) is 17.0. The molecular weight excluding hydrogens is 730 g/mol. The summed E-state index contributed by atoms with van der Waals surface area (Å²) < 4.78 is 6.10. The van der Waals surface area contributed by atoms with Gasteiger partial charge in [0.05, 0.1) is 17.6 Å². The number of hydrogen-bond acceptors (Lipinski definition) is 9. The molecule has 0 bridgehead atoms. The number of Topliss-reactive ketones (excluding diaryl/α,β-unsaturated/α-hetero) is 1. The average Bonchev–Trinajstić information content (AvgIpc) is 3.86. The molecule has 3 aliphatic rings. The van der Waals surface area contributed by atoms with Crippen molar-refractivity contribution in [2.24, 2.45) is 17.3 Å². The van der Waals surface area contributed by atoms with Crippen LogP contribution >= 0.6 is 11.6 Å². The normalized spacial score (nSPS) is 20.5. The van der Waals surface area contributed by atoms with Crippen LogP contribution in [0.1, 0.15) is 106 Å². The molecule has 6 amide bonds. The van der Waals surface area contributed by atoms with Gasteiger partial charge in [0.2, 0.25) is 29.4 Å². The Hall–Kier alpha value is -4.27. The van der Waals surface area contributed by atoms with Gasteiger partial charge in [-0.25, -0.2) is 4.98 Å². The van der Waals surface area contributed by atoms with Crippen molar-refractivity contribution in [2.45, 2.75) is 142 Å². The second kappa shape index (κ2) is 19.5. The molecule has 4 rings (SSSR count). The first kappa shape index (κ1) is 43.5. The highest BCUT2D eigenvalue weighted by molar-refractivity contribution is 6.38. The molecule has 1 aliphatic heterocycles. The highest BCUT2D eigenvalue weighted by Crippen LogP contribution is 2.30. The maximum Gasteiger partial charge on any atom is 0.309 e. The zero-order valence-corrected chi connectivity index (χ0v) is 33.6. The first-order valence-electron chi connectivity index (χ1n) is 19.6. The number of rotatable bonds is 16. The van der Waals surface area contributed by atoms with Gasteiger partial charge in [-0.15, -0.1) is 0 Å². The fourth-order valence-electron chi connectivity index (χ4n) is 6.94. The van der Waals surface area contributed by atoms with Gasteiger partial charge in [0.1, 0.15) is 24.2 Å². The summed E-state index contributed by atoms with van der Waals surface area (Å²) in [5.74, 6) is -5.05. The van der Waals surface area contributed by atoms with Crippen LogP contribution in [-0.2, 0) is 33.6 Å². The van der Waals surface area contributed by atoms with Gasteiger partial charge >= 0.3 is 11.8 Å². The number of carbonyl (C=O) groups is 7. The fraction of sp³-hybridized carbons (Fsp3) is 0.692. The van der Waals surface area contributed by atoms with Crippen LogP contribution in [-0.4, -0.2) is 101 Å². The van der Waals surface area contributed by atoms with Crippen LogP contribution in [0.2, 0.25) is 5.02 Å². The number of carbonyl (C=O) groups excluding carboxylic acids is 7. The number of halogens is 1. The highest BCUT2D eigenvalue weighted by atomic mass is 35.5. The number of likely N-dealkylation sites (tertiary alicyclic amines) is 1. The maximum atomic E-state index is 14.7. The Labute approximate surface area is 328 Å². The van der Waals surface area contributed by atoms with Crippen LogP contribution < -0.4 is 31.3 Å². The van der Waals surface area contributed by atoms with Gasteiger partial charge in [0.25, 0.3) is 5.91 Å². The smallest absolute Gasteiger partial charge is 0.309 e. The van der Waals surface area contributed by atoms with Gasteiger partial charge in [-0.2, -0.15) is 0 Å². The zero-order valence-electron chi connectivity index (χ0n) is 32.9. The van der Waals surface area contributed by atoms with Gasteiger partial charge in [0.15, 0.2) is 0 Å². The summed E-state index contributed by atoms with van der Waals surface area (Å²) in [6, 6.07) is -1.39. The third kappa shape index (κ3) is 12.6. The summed E-state index contributed by atoms with van der Waals surface area (Å²) >= 11 is 6.01. The molecule has 5 atom stereocenters. The molecule has 0 aromatic carbocycles. The largest absolute Gasteiger partial charge is 0.472 e. The van der Waals surface area contributed by atoms with Crippen LogP contribution in [0.5, 0.6) is 5.88 Å². The van der Waals surface area contributed by atoms with Crippen molar-refractivity contribution in [3.05, 3.63) is 23.4 Å². The van der Waals surface area contributed by atoms with Crippen molar-refractivity contribution in [1.82, 2.24) is 36.5 Å². The van der Waals surface area contributed by atoms with Crippen LogP contribution in [0.3, 0.4) is 0 Å². The molecule has 2 aliphatic carbocycles. The number of nitrogens with zero attached hydrogens (tertiary/aromatic N) is 2. The molecule has 0 spiro atoms. The quantitative estimate of drug-likeness (QED) is 0.156. The summed E-state index contributed by atoms with van der Waals surface area (Å²) in [5.41, 5.74) is -0.887. The highest BCUT2D eigenvalue weighted by Gasteiger charge is 2.47. The number of ether oxygens (including phenoxy) is 1. The summed E-state index contributed by atoms with van der Waals surface area (Å²) in [4.78, 5) is 100. The van der Waals surface area contributed by atoms with Crippen molar-refractivity contribution in [2.75, 3.05) is 13.1 Å². The van der Waals surface area contributed by atoms with Crippen LogP contribution in [0.15, 0.2) is 18.3 Å². The summed E-state index contributed by atoms with van der Waals surface area (Å²) in [6.07, 6.45) is 7.03. The van der Waals surface area contributed by atoms with E-state index >= 15 is 0 Å². The number of amides is 6. The molecule has 55 heavy (non-hydrogen) atoms. The van der Waals surface area contributed by atoms with E-state index in [9.17, 15) is 33.6 Å². The van der Waals surface area contributed by atoms with E-state index in [1.54, 1.807) is 32.9 Å². The van der Waals surface area contributed by atoms with Crippen molar-refractivity contribution in [1.29, 1.82) is 0 Å². The number of aromatic nitrogens is 1. The van der Waals surface area contributed by atoms with E-state index < -0.39 is 76.9 Å². The summed E-state index contributed by atoms with van der Waals surface area (Å²) in [7, 11) is 0. The third-order valence-electron chi connectivity index (χ3n) is 10.1. The SMILES string of the molecule is CCC[C@H](NC(=O)[C@@H]1C[C@@H](Oc2ccc(Cl)cn2)CN1C(=O)[C@@H](NC(=O)[C@@H](NC(=O)C(=O)NCC(C)C)C1CCCCC1)C(C)(C)C)C(=O)C(=O)NC1CC1. The molecule has 1 aromatic heterocycles. The molecule has 0 unspecified atom stereocenters. The predicted molar refractivity (Wildman–Crippen MR) is 205 cm³/mol. The lowest BCUT2D eigenvalue weighted by Crippen LogP contribution is -2.62. The lowest BCUT2D eigenvalue weighted by molar-refractivity contribution is -0.146. The Morgan fingerprint density at radius 1 is 0.927 bits per heavy atom. The van der Waals surface area contributed by atoms with E-state index in [1.807, 2.05) is 20.8 Å². The lowest BCUT2D eigenvalue weighted by atomic mass is 9.82. The minimum absolute atomic E-state index is 0.0280. The van der Waals surface area contributed by atoms with E-state index in [2.05, 4.69) is 31.6 Å². The van der Waals surface area contributed by atoms with Crippen LogP contribution in [0, 0.1) is 17.3 Å². The minimum Gasteiger partial charge on any atom is -0.472 e. The third-order valence-corrected chi connectivity index (χ3v) is 10.4. The van der Waals surface area contributed by atoms with Gasteiger partial charge in [-0.05, 0) is 55.4 Å². The molecule has 16 heteroatoms. The number of ketones is 1. The summed E-state index contributed by atoms with van der Waals surface area (Å²) in [6.45, 7) is 11.2. The molecule has 5 N–H and O–H groups in total. The van der Waals surface area contributed by atoms with Crippen molar-refractivity contribution < 1.29 is 38.3 Å². The van der Waals surface area contributed by atoms with Crippen molar-refractivity contribution >= 4 is 52.8 Å². The molecule has 3 fully saturated rings. The molecule has 0 radical (unpaired) electrons. The maximum absolute atomic E-state index is 14.7. The van der Waals surface area contributed by atoms with Crippen molar-refractivity contribution in [3.8, 4) is 5.88 Å². The Kier molecular flexibility index (Phi) is 15.4. The Balaban J connectivity index is 1.59. The number of nitrogens with one attached hydrogen (secondary N) is 5. The van der Waals surface area contributed by atoms with E-state index in [0.29, 0.717) is 24.3 Å². The van der Waals surface area contributed by atoms with Gasteiger partial charge < -0.3 is 36.2 Å². The van der Waals surface area contributed by atoms with Crippen LogP contribution in [0.25, 0.3) is 0 Å². The number of pyridine rings is 1. The van der Waals surface area contributed by atoms with Gasteiger partial charge in [-0.1, -0.05) is 78.8 Å². The molecule has 2 saturated carbocycles. The Morgan fingerprint density at radius 3 is 2.20 bits per heavy atom. The monoisotopic (exact) mass is 787 g/mol. The van der Waals surface area contributed by atoms with Crippen molar-refractivity contribution in [3.63, 3.8) is 0 Å². The first-order valence-corrected chi connectivity index (χ1v) is 20.0. The van der Waals surface area contributed by atoms with E-state index in [0.717, 1.165) is 32.1 Å². The lowest BCUT2D eigenvalue weighted by Gasteiger charge is -2.37. The Bertz CT molecular complexity index is 1560. The molecule has 1 aromatic rings. The molecule has 304 valence electrons. The molecule has 1 saturated heterocycles. The minimum atomic E-state index is -1.18. The average molecular weight is 788 g/mol. The second-order valence-electron chi connectivity index (χ2n) is 16.5. The molecule has 2 heterocycles. The van der Waals surface area contributed by atoms with Crippen LogP contribution in [0.4, 0.5) is 0 Å². The van der Waals surface area contributed by atoms with E-state index in [-0.39, 0.29) is 49.7 Å². The number of hydrogen-bond donors (Lipinski definition) is 5. The topological polar surface area (TPSA) is 205 Å². The zero-order chi connectivity index (χ0) is 40.4. The van der Waals surface area contributed by atoms with Gasteiger partial charge in [0, 0.05) is 31.3 Å². The van der Waals surface area contributed by atoms with E-state index in [1.165, 1.54) is 11.1 Å². The molecule has 15 nitrogen and oxygen atoms in total. The van der Waals surface area contributed by atoms with E-state index in [4.69, 9.17) is 16.3 Å². The fourth-order valence-corrected chi connectivity index (χ4v) is 7.05. The van der Waals surface area contributed by atoms with Gasteiger partial charge in [-0.3, -0.25) is 33.6 Å². The summed E-state index contributed by atoms with van der Waals surface area (Å²) in [5, 5.41) is 13.9.